The van der Waals surface area contributed by atoms with E-state index in [1.807, 2.05) is 28.5 Å². The van der Waals surface area contributed by atoms with Crippen molar-refractivity contribution in [2.75, 3.05) is 70.5 Å². The van der Waals surface area contributed by atoms with Crippen LogP contribution in [-0.4, -0.2) is 105 Å². The lowest BCUT2D eigenvalue weighted by Crippen LogP contribution is -2.47. The highest BCUT2D eigenvalue weighted by atomic mass is 19.1. The third-order valence-corrected chi connectivity index (χ3v) is 7.23. The summed E-state index contributed by atoms with van der Waals surface area (Å²) in [6.45, 7) is 5.55. The van der Waals surface area contributed by atoms with E-state index < -0.39 is 0 Å². The lowest BCUT2D eigenvalue weighted by molar-refractivity contribution is 0.0950. The van der Waals surface area contributed by atoms with E-state index in [-0.39, 0.29) is 17.7 Å². The highest BCUT2D eigenvalue weighted by Gasteiger charge is 2.22. The maximum absolute atomic E-state index is 15.0. The van der Waals surface area contributed by atoms with Crippen molar-refractivity contribution in [2.45, 2.75) is 6.54 Å². The molecule has 1 fully saturated rings. The SMILES string of the molecule is CN(C)CCNC(=O)c1ccc(N2CCN(CCn3cnc4c3nc(N)n3nc(-c5ccco5)nc43)CC2)c(F)c1. The van der Waals surface area contributed by atoms with Gasteiger partial charge in [-0.05, 0) is 44.4 Å². The molecular weight excluding hydrogens is 529 g/mol. The van der Waals surface area contributed by atoms with Gasteiger partial charge in [0, 0.05) is 57.9 Å². The number of nitrogens with zero attached hydrogens (tertiary/aromatic N) is 9. The monoisotopic (exact) mass is 561 g/mol. The van der Waals surface area contributed by atoms with E-state index in [4.69, 9.17) is 10.2 Å². The zero-order valence-electron chi connectivity index (χ0n) is 23.0. The van der Waals surface area contributed by atoms with Crippen molar-refractivity contribution in [3.63, 3.8) is 0 Å². The fraction of sp³-hybridized carbons (Fsp3) is 0.370. The smallest absolute Gasteiger partial charge is 0.251 e. The number of fused-ring (bicyclic) bond motifs is 3. The minimum atomic E-state index is -0.387. The Morgan fingerprint density at radius 2 is 1.95 bits per heavy atom. The number of carbonyl (C=O) groups is 1. The van der Waals surface area contributed by atoms with Crippen molar-refractivity contribution < 1.29 is 13.6 Å². The molecule has 1 amide bonds. The summed E-state index contributed by atoms with van der Waals surface area (Å²) < 4.78 is 23.8. The minimum absolute atomic E-state index is 0.215. The molecule has 3 N–H and O–H groups in total. The fourth-order valence-corrected chi connectivity index (χ4v) is 4.97. The summed E-state index contributed by atoms with van der Waals surface area (Å²) in [5.41, 5.74) is 8.81. The van der Waals surface area contributed by atoms with Crippen LogP contribution in [0.25, 0.3) is 28.4 Å². The Hall–Kier alpha value is -4.56. The summed E-state index contributed by atoms with van der Waals surface area (Å²) in [7, 11) is 3.87. The number of benzene rings is 1. The maximum atomic E-state index is 15.0. The maximum Gasteiger partial charge on any atom is 0.251 e. The lowest BCUT2D eigenvalue weighted by Gasteiger charge is -2.36. The predicted octanol–water partition coefficient (Wildman–Crippen LogP) is 1.57. The van der Waals surface area contributed by atoms with Crippen molar-refractivity contribution in [1.29, 1.82) is 0 Å². The van der Waals surface area contributed by atoms with Gasteiger partial charge in [-0.25, -0.2) is 14.4 Å². The van der Waals surface area contributed by atoms with E-state index in [1.54, 1.807) is 36.9 Å². The molecule has 214 valence electrons. The Morgan fingerprint density at radius 1 is 1.12 bits per heavy atom. The Kier molecular flexibility index (Phi) is 7.24. The van der Waals surface area contributed by atoms with Crippen LogP contribution in [0, 0.1) is 5.82 Å². The number of aromatic nitrogens is 6. The highest BCUT2D eigenvalue weighted by molar-refractivity contribution is 5.94. The molecule has 1 aromatic carbocycles. The summed E-state index contributed by atoms with van der Waals surface area (Å²) >= 11 is 0. The number of anilines is 2. The largest absolute Gasteiger partial charge is 0.461 e. The van der Waals surface area contributed by atoms with Gasteiger partial charge in [-0.2, -0.15) is 9.50 Å². The molecule has 14 heteroatoms. The number of hydrogen-bond donors (Lipinski definition) is 2. The molecule has 1 saturated heterocycles. The van der Waals surface area contributed by atoms with E-state index in [0.29, 0.717) is 65.8 Å². The summed E-state index contributed by atoms with van der Waals surface area (Å²) in [5, 5.41) is 7.24. The van der Waals surface area contributed by atoms with Crippen LogP contribution < -0.4 is 16.0 Å². The van der Waals surface area contributed by atoms with Gasteiger partial charge in [-0.15, -0.1) is 5.10 Å². The van der Waals surface area contributed by atoms with Gasteiger partial charge in [0.2, 0.25) is 11.8 Å². The number of furan rings is 1. The topological polar surface area (TPSA) is 139 Å². The van der Waals surface area contributed by atoms with Crippen LogP contribution >= 0.6 is 0 Å². The molecule has 13 nitrogen and oxygen atoms in total. The average molecular weight is 562 g/mol. The molecule has 0 spiro atoms. The lowest BCUT2D eigenvalue weighted by atomic mass is 10.1. The first kappa shape index (κ1) is 26.7. The van der Waals surface area contributed by atoms with Gasteiger partial charge in [0.05, 0.1) is 18.3 Å². The number of rotatable bonds is 9. The normalized spacial score (nSPS) is 14.5. The number of likely N-dealkylation sites (N-methyl/N-ethyl adjacent to an activating group) is 1. The van der Waals surface area contributed by atoms with Crippen LogP contribution in [0.4, 0.5) is 16.0 Å². The molecule has 41 heavy (non-hydrogen) atoms. The highest BCUT2D eigenvalue weighted by Crippen LogP contribution is 2.24. The van der Waals surface area contributed by atoms with E-state index >= 15 is 0 Å². The Morgan fingerprint density at radius 3 is 2.68 bits per heavy atom. The van der Waals surface area contributed by atoms with Crippen molar-refractivity contribution in [3.8, 4) is 11.6 Å². The second kappa shape index (κ2) is 11.1. The number of nitrogens with two attached hydrogens (primary N) is 1. The van der Waals surface area contributed by atoms with Crippen molar-refractivity contribution in [3.05, 3.63) is 54.3 Å². The number of imidazole rings is 1. The fourth-order valence-electron chi connectivity index (χ4n) is 4.97. The molecule has 1 aliphatic rings. The van der Waals surface area contributed by atoms with Gasteiger partial charge in [0.15, 0.2) is 22.6 Å². The number of carbonyl (C=O) groups excluding carboxylic acids is 1. The van der Waals surface area contributed by atoms with Crippen LogP contribution in [0.5, 0.6) is 0 Å². The Bertz CT molecular complexity index is 1670. The Labute approximate surface area is 235 Å². The number of hydrogen-bond acceptors (Lipinski definition) is 10. The van der Waals surface area contributed by atoms with Gasteiger partial charge in [0.1, 0.15) is 5.82 Å². The molecule has 5 heterocycles. The average Bonchev–Trinajstić information content (AvgIpc) is 3.72. The van der Waals surface area contributed by atoms with Gasteiger partial charge >= 0.3 is 0 Å². The number of halogens is 1. The molecule has 4 aromatic heterocycles. The predicted molar refractivity (Wildman–Crippen MR) is 152 cm³/mol. The number of nitrogen functional groups attached to an aromatic ring is 1. The first-order valence-corrected chi connectivity index (χ1v) is 13.5. The molecule has 0 bridgehead atoms. The van der Waals surface area contributed by atoms with Crippen LogP contribution in [0.1, 0.15) is 10.4 Å². The number of nitrogens with one attached hydrogen (secondary N) is 1. The van der Waals surface area contributed by atoms with E-state index in [0.717, 1.165) is 26.2 Å². The van der Waals surface area contributed by atoms with Crippen LogP contribution in [-0.2, 0) is 6.54 Å². The molecule has 0 saturated carbocycles. The van der Waals surface area contributed by atoms with E-state index in [9.17, 15) is 9.18 Å². The molecule has 1 aliphatic heterocycles. The van der Waals surface area contributed by atoms with Crippen molar-refractivity contribution >= 4 is 34.4 Å². The Balaban J connectivity index is 1.07. The molecular formula is C27H32FN11O2. The quantitative estimate of drug-likeness (QED) is 0.273. The molecule has 6 rings (SSSR count). The van der Waals surface area contributed by atoms with Gasteiger partial charge in [-0.1, -0.05) is 0 Å². The first-order chi connectivity index (χ1) is 19.9. The third-order valence-electron chi connectivity index (χ3n) is 7.23. The molecule has 0 radical (unpaired) electrons. The second-order valence-corrected chi connectivity index (χ2v) is 10.3. The summed E-state index contributed by atoms with van der Waals surface area (Å²) in [4.78, 5) is 32.3. The van der Waals surface area contributed by atoms with Crippen molar-refractivity contribution in [2.24, 2.45) is 0 Å². The van der Waals surface area contributed by atoms with E-state index in [2.05, 4.69) is 30.3 Å². The number of piperazine rings is 1. The van der Waals surface area contributed by atoms with E-state index in [1.165, 1.54) is 10.6 Å². The molecule has 0 unspecified atom stereocenters. The van der Waals surface area contributed by atoms with Crippen molar-refractivity contribution in [1.82, 2.24) is 44.2 Å². The van der Waals surface area contributed by atoms with Gasteiger partial charge < -0.3 is 29.8 Å². The van der Waals surface area contributed by atoms with Gasteiger partial charge in [0.25, 0.3) is 5.91 Å². The standard InChI is InChI=1S/C27H32FN11O2/c1-35(2)8-7-30-26(40)18-5-6-20(19(28)16-18)37-12-9-36(10-13-37)11-14-38-17-31-22-24(38)33-27(29)39-25(22)32-23(34-39)21-4-3-15-41-21/h3-6,15-17H,7-14H2,1-2H3,(H2,29,33)(H,30,40). The third kappa shape index (κ3) is 5.43. The molecule has 0 atom stereocenters. The molecule has 5 aromatic rings. The van der Waals surface area contributed by atoms with Crippen LogP contribution in [0.2, 0.25) is 0 Å². The first-order valence-electron chi connectivity index (χ1n) is 13.5. The van der Waals surface area contributed by atoms with Crippen LogP contribution in [0.3, 0.4) is 0 Å². The zero-order chi connectivity index (χ0) is 28.5. The second-order valence-electron chi connectivity index (χ2n) is 10.3. The van der Waals surface area contributed by atoms with Gasteiger partial charge in [-0.3, -0.25) is 9.69 Å². The molecule has 0 aliphatic carbocycles. The summed E-state index contributed by atoms with van der Waals surface area (Å²) in [5.74, 6) is 0.511. The summed E-state index contributed by atoms with van der Waals surface area (Å²) in [6.07, 6.45) is 3.30. The minimum Gasteiger partial charge on any atom is -0.461 e. The summed E-state index contributed by atoms with van der Waals surface area (Å²) in [6, 6.07) is 8.25. The number of amides is 1. The van der Waals surface area contributed by atoms with Crippen LogP contribution in [0.15, 0.2) is 47.3 Å². The zero-order valence-corrected chi connectivity index (χ0v) is 23.0.